The van der Waals surface area contributed by atoms with E-state index in [1.165, 1.54) is 29.7 Å². The molecule has 2 rings (SSSR count). The van der Waals surface area contributed by atoms with Gasteiger partial charge in [0.25, 0.3) is 5.91 Å². The predicted octanol–water partition coefficient (Wildman–Crippen LogP) is 5.10. The van der Waals surface area contributed by atoms with Gasteiger partial charge in [-0.25, -0.2) is 4.79 Å². The molecule has 0 aliphatic rings. The first kappa shape index (κ1) is 23.9. The van der Waals surface area contributed by atoms with E-state index in [4.69, 9.17) is 5.11 Å². The summed E-state index contributed by atoms with van der Waals surface area (Å²) in [6.45, 7) is 5.23. The fourth-order valence-corrected chi connectivity index (χ4v) is 2.84. The van der Waals surface area contributed by atoms with Gasteiger partial charge in [-0.05, 0) is 36.1 Å². The van der Waals surface area contributed by atoms with Gasteiger partial charge in [0.1, 0.15) is 0 Å². The molecule has 0 bridgehead atoms. The van der Waals surface area contributed by atoms with Crippen molar-refractivity contribution in [2.75, 3.05) is 10.6 Å². The lowest BCUT2D eigenvalue weighted by Crippen LogP contribution is -2.21. The monoisotopic (exact) mass is 428 g/mol. The highest BCUT2D eigenvalue weighted by atomic mass is 32.1. The van der Waals surface area contributed by atoms with Crippen molar-refractivity contribution in [2.45, 2.75) is 26.9 Å². The summed E-state index contributed by atoms with van der Waals surface area (Å²) in [5.41, 5.74) is -2.46. The smallest absolute Gasteiger partial charge is 0.417 e. The Morgan fingerprint density at radius 1 is 1.17 bits per heavy atom. The second-order valence-corrected chi connectivity index (χ2v) is 6.09. The summed E-state index contributed by atoms with van der Waals surface area (Å²) in [4.78, 5) is 34.5. The van der Waals surface area contributed by atoms with Crippen LogP contribution in [0.25, 0.3) is 6.08 Å². The standard InChI is InChI=1S/C17H13F3N2O4S.C2H6/c1-9(16(25)26)6-10-2-3-12(17(18,19)20)13(14(10)21-8-23)15(24)22-11-4-5-27-7-11;1-2/h2-8H,1H3,(H,21,23)(H,22,24)(H,25,26);1-2H3/b9-6+;. The average molecular weight is 428 g/mol. The lowest BCUT2D eigenvalue weighted by molar-refractivity contribution is -0.138. The highest BCUT2D eigenvalue weighted by Crippen LogP contribution is 2.38. The van der Waals surface area contributed by atoms with Crippen molar-refractivity contribution in [3.8, 4) is 0 Å². The number of carbonyl (C=O) groups is 3. The van der Waals surface area contributed by atoms with Gasteiger partial charge in [0.05, 0.1) is 22.5 Å². The molecule has 156 valence electrons. The third-order valence-electron chi connectivity index (χ3n) is 3.46. The summed E-state index contributed by atoms with van der Waals surface area (Å²) < 4.78 is 40.3. The number of aliphatic carboxylic acids is 1. The topological polar surface area (TPSA) is 95.5 Å². The zero-order valence-electron chi connectivity index (χ0n) is 15.8. The van der Waals surface area contributed by atoms with Crippen LogP contribution in [0.5, 0.6) is 0 Å². The summed E-state index contributed by atoms with van der Waals surface area (Å²) in [6.07, 6.45) is -3.69. The van der Waals surface area contributed by atoms with Crippen LogP contribution in [0.4, 0.5) is 24.5 Å². The molecule has 29 heavy (non-hydrogen) atoms. The number of benzene rings is 1. The van der Waals surface area contributed by atoms with Gasteiger partial charge in [-0.1, -0.05) is 19.9 Å². The van der Waals surface area contributed by atoms with Crippen molar-refractivity contribution in [3.05, 3.63) is 51.2 Å². The van der Waals surface area contributed by atoms with Crippen LogP contribution in [-0.4, -0.2) is 23.4 Å². The van der Waals surface area contributed by atoms with Crippen LogP contribution in [0.3, 0.4) is 0 Å². The molecule has 0 saturated carbocycles. The molecule has 0 aliphatic carbocycles. The van der Waals surface area contributed by atoms with E-state index in [9.17, 15) is 27.6 Å². The van der Waals surface area contributed by atoms with Crippen molar-refractivity contribution < 1.29 is 32.7 Å². The summed E-state index contributed by atoms with van der Waals surface area (Å²) in [7, 11) is 0. The van der Waals surface area contributed by atoms with Crippen molar-refractivity contribution in [1.29, 1.82) is 0 Å². The van der Waals surface area contributed by atoms with Gasteiger partial charge in [0.2, 0.25) is 6.41 Å². The van der Waals surface area contributed by atoms with Crippen LogP contribution in [0, 0.1) is 0 Å². The molecular formula is C19H19F3N2O4S. The van der Waals surface area contributed by atoms with Crippen LogP contribution in [-0.2, 0) is 15.8 Å². The van der Waals surface area contributed by atoms with Crippen LogP contribution >= 0.6 is 11.3 Å². The first-order chi connectivity index (χ1) is 13.6. The fraction of sp³-hybridized carbons (Fsp3) is 0.211. The van der Waals surface area contributed by atoms with Crippen LogP contribution in [0.2, 0.25) is 0 Å². The maximum absolute atomic E-state index is 13.4. The van der Waals surface area contributed by atoms with Crippen LogP contribution < -0.4 is 10.6 Å². The molecule has 0 fully saturated rings. The first-order valence-corrected chi connectivity index (χ1v) is 9.29. The summed E-state index contributed by atoms with van der Waals surface area (Å²) in [5.74, 6) is -2.38. The van der Waals surface area contributed by atoms with E-state index in [1.807, 2.05) is 13.8 Å². The Bertz CT molecular complexity index is 907. The van der Waals surface area contributed by atoms with E-state index in [0.717, 1.165) is 12.1 Å². The number of anilines is 2. The zero-order valence-corrected chi connectivity index (χ0v) is 16.6. The summed E-state index contributed by atoms with van der Waals surface area (Å²) in [5, 5.41) is 16.5. The van der Waals surface area contributed by atoms with E-state index < -0.39 is 34.9 Å². The number of hydrogen-bond donors (Lipinski definition) is 3. The molecule has 0 saturated heterocycles. The molecule has 6 nitrogen and oxygen atoms in total. The summed E-state index contributed by atoms with van der Waals surface area (Å²) >= 11 is 1.23. The number of amides is 2. The molecule has 3 N–H and O–H groups in total. The van der Waals surface area contributed by atoms with Gasteiger partial charge < -0.3 is 15.7 Å². The third kappa shape index (κ3) is 6.18. The fourth-order valence-electron chi connectivity index (χ4n) is 2.25. The Kier molecular flexibility index (Phi) is 8.58. The molecular weight excluding hydrogens is 409 g/mol. The normalized spacial score (nSPS) is 11.2. The third-order valence-corrected chi connectivity index (χ3v) is 4.14. The molecule has 0 unspecified atom stereocenters. The maximum Gasteiger partial charge on any atom is 0.417 e. The number of thiophene rings is 1. The van der Waals surface area contributed by atoms with Gasteiger partial charge >= 0.3 is 12.1 Å². The highest BCUT2D eigenvalue weighted by molar-refractivity contribution is 7.08. The van der Waals surface area contributed by atoms with E-state index in [-0.39, 0.29) is 23.2 Å². The lowest BCUT2D eigenvalue weighted by atomic mass is 9.97. The Morgan fingerprint density at radius 2 is 1.83 bits per heavy atom. The molecule has 2 amide bonds. The minimum Gasteiger partial charge on any atom is -0.478 e. The molecule has 1 aromatic carbocycles. The predicted molar refractivity (Wildman–Crippen MR) is 106 cm³/mol. The molecule has 10 heteroatoms. The van der Waals surface area contributed by atoms with Crippen molar-refractivity contribution in [3.63, 3.8) is 0 Å². The Morgan fingerprint density at radius 3 is 2.31 bits per heavy atom. The number of carboxylic acid groups (broad SMARTS) is 1. The number of rotatable bonds is 6. The van der Waals surface area contributed by atoms with Crippen LogP contribution in [0.15, 0.2) is 34.5 Å². The van der Waals surface area contributed by atoms with E-state index >= 15 is 0 Å². The number of alkyl halides is 3. The van der Waals surface area contributed by atoms with Crippen molar-refractivity contribution >= 4 is 47.1 Å². The van der Waals surface area contributed by atoms with E-state index in [0.29, 0.717) is 6.07 Å². The molecule has 1 heterocycles. The second kappa shape index (κ2) is 10.4. The molecule has 0 aliphatic heterocycles. The Labute approximate surface area is 169 Å². The largest absolute Gasteiger partial charge is 0.478 e. The number of hydrogen-bond acceptors (Lipinski definition) is 4. The Hall–Kier alpha value is -3.14. The first-order valence-electron chi connectivity index (χ1n) is 8.34. The van der Waals surface area contributed by atoms with Crippen LogP contribution in [0.1, 0.15) is 42.3 Å². The second-order valence-electron chi connectivity index (χ2n) is 5.31. The van der Waals surface area contributed by atoms with Gasteiger partial charge in [-0.2, -0.15) is 24.5 Å². The van der Waals surface area contributed by atoms with Gasteiger partial charge in [0, 0.05) is 11.0 Å². The number of carboxylic acids is 1. The average Bonchev–Trinajstić information content (AvgIpc) is 3.16. The SMILES string of the molecule is C/C(=C\c1ccc(C(F)(F)F)c(C(=O)Nc2ccsc2)c1NC=O)C(=O)O.CC. The molecule has 1 aromatic heterocycles. The number of carbonyl (C=O) groups excluding carboxylic acids is 2. The summed E-state index contributed by atoms with van der Waals surface area (Å²) in [6, 6.07) is 3.16. The maximum atomic E-state index is 13.4. The quantitative estimate of drug-likeness (QED) is 0.441. The molecule has 0 spiro atoms. The van der Waals surface area contributed by atoms with E-state index in [1.54, 1.807) is 5.38 Å². The van der Waals surface area contributed by atoms with Crippen molar-refractivity contribution in [1.82, 2.24) is 0 Å². The van der Waals surface area contributed by atoms with E-state index in [2.05, 4.69) is 10.6 Å². The molecule has 0 atom stereocenters. The number of halogens is 3. The minimum absolute atomic E-state index is 0.0505. The van der Waals surface area contributed by atoms with Gasteiger partial charge in [-0.3, -0.25) is 9.59 Å². The highest BCUT2D eigenvalue weighted by Gasteiger charge is 2.37. The lowest BCUT2D eigenvalue weighted by Gasteiger charge is -2.18. The molecule has 2 aromatic rings. The molecule has 0 radical (unpaired) electrons. The van der Waals surface area contributed by atoms with Gasteiger partial charge in [-0.15, -0.1) is 0 Å². The van der Waals surface area contributed by atoms with Gasteiger partial charge in [0.15, 0.2) is 0 Å². The van der Waals surface area contributed by atoms with Crippen molar-refractivity contribution in [2.24, 2.45) is 0 Å². The Balaban J connectivity index is 0.00000204. The number of nitrogens with one attached hydrogen (secondary N) is 2. The minimum atomic E-state index is -4.87. The zero-order chi connectivity index (χ0) is 22.2.